The van der Waals surface area contributed by atoms with Gasteiger partial charge in [0.05, 0.1) is 0 Å². The van der Waals surface area contributed by atoms with Crippen molar-refractivity contribution < 1.29 is 4.79 Å². The smallest absolute Gasteiger partial charge is 0.315 e. The number of allylic oxidation sites excluding steroid dienone is 1. The van der Waals surface area contributed by atoms with Crippen molar-refractivity contribution in [2.45, 2.75) is 39.8 Å². The van der Waals surface area contributed by atoms with Crippen molar-refractivity contribution in [3.63, 3.8) is 0 Å². The molecule has 3 nitrogen and oxygen atoms in total. The van der Waals surface area contributed by atoms with E-state index in [2.05, 4.69) is 22.5 Å². The summed E-state index contributed by atoms with van der Waals surface area (Å²) < 4.78 is 0. The zero-order valence-electron chi connectivity index (χ0n) is 15.9. The molecule has 0 aliphatic heterocycles. The summed E-state index contributed by atoms with van der Waals surface area (Å²) in [7, 11) is 0. The molecule has 0 saturated carbocycles. The van der Waals surface area contributed by atoms with Gasteiger partial charge in [0, 0.05) is 23.2 Å². The average molecular weight is 346 g/mol. The molecule has 26 heavy (non-hydrogen) atoms. The van der Waals surface area contributed by atoms with Crippen molar-refractivity contribution in [3.8, 4) is 11.8 Å². The highest BCUT2D eigenvalue weighted by atomic mass is 16.2. The molecule has 0 fully saturated rings. The van der Waals surface area contributed by atoms with Crippen molar-refractivity contribution in [3.05, 3.63) is 76.9 Å². The van der Waals surface area contributed by atoms with Gasteiger partial charge < -0.3 is 10.6 Å². The summed E-state index contributed by atoms with van der Waals surface area (Å²) in [6.45, 7) is 8.29. The van der Waals surface area contributed by atoms with Crippen LogP contribution in [0, 0.1) is 11.8 Å². The summed E-state index contributed by atoms with van der Waals surface area (Å²) in [4.78, 5) is 12.0. The Morgan fingerprint density at radius 2 is 1.62 bits per heavy atom. The van der Waals surface area contributed by atoms with Crippen molar-refractivity contribution in [1.82, 2.24) is 10.6 Å². The molecular weight excluding hydrogens is 320 g/mol. The highest BCUT2D eigenvalue weighted by Crippen LogP contribution is 2.11. The quantitative estimate of drug-likeness (QED) is 0.776. The maximum atomic E-state index is 12.0. The van der Waals surface area contributed by atoms with E-state index in [0.29, 0.717) is 6.54 Å². The third kappa shape index (κ3) is 6.14. The van der Waals surface area contributed by atoms with Crippen LogP contribution in [0.4, 0.5) is 4.79 Å². The van der Waals surface area contributed by atoms with E-state index < -0.39 is 0 Å². The van der Waals surface area contributed by atoms with Crippen molar-refractivity contribution in [2.75, 3.05) is 0 Å². The van der Waals surface area contributed by atoms with Gasteiger partial charge in [0.25, 0.3) is 0 Å². The molecule has 134 valence electrons. The van der Waals surface area contributed by atoms with Crippen LogP contribution in [0.2, 0.25) is 0 Å². The van der Waals surface area contributed by atoms with Gasteiger partial charge in [-0.3, -0.25) is 0 Å². The molecule has 0 heterocycles. The lowest BCUT2D eigenvalue weighted by atomic mass is 10.0. The molecule has 3 heteroatoms. The van der Waals surface area contributed by atoms with Gasteiger partial charge in [0.1, 0.15) is 0 Å². The number of urea groups is 1. The van der Waals surface area contributed by atoms with Crippen LogP contribution < -0.4 is 10.6 Å². The number of benzene rings is 2. The first-order valence-electron chi connectivity index (χ1n) is 8.77. The molecule has 0 saturated heterocycles. The molecule has 0 bridgehead atoms. The van der Waals surface area contributed by atoms with E-state index in [1.165, 1.54) is 0 Å². The number of carbonyl (C=O) groups excluding carboxylic acids is 1. The van der Waals surface area contributed by atoms with E-state index >= 15 is 0 Å². The lowest BCUT2D eigenvalue weighted by molar-refractivity contribution is 0.231. The van der Waals surface area contributed by atoms with E-state index in [1.807, 2.05) is 88.4 Å². The minimum absolute atomic E-state index is 0.182. The first kappa shape index (κ1) is 19.3. The van der Waals surface area contributed by atoms with Crippen molar-refractivity contribution in [2.24, 2.45) is 0 Å². The minimum atomic E-state index is -0.264. The molecule has 2 rings (SSSR count). The third-order valence-electron chi connectivity index (χ3n) is 3.58. The summed E-state index contributed by atoms with van der Waals surface area (Å²) in [6.07, 6.45) is 4.06. The molecule has 0 unspecified atom stereocenters. The second kappa shape index (κ2) is 8.92. The van der Waals surface area contributed by atoms with Crippen LogP contribution in [0.3, 0.4) is 0 Å². The fourth-order valence-electron chi connectivity index (χ4n) is 2.43. The molecule has 0 atom stereocenters. The Morgan fingerprint density at radius 3 is 2.31 bits per heavy atom. The molecule has 0 aliphatic carbocycles. The number of nitrogens with one attached hydrogen (secondary N) is 2. The molecule has 0 aliphatic rings. The summed E-state index contributed by atoms with van der Waals surface area (Å²) >= 11 is 0. The Bertz CT molecular complexity index is 848. The second-order valence-corrected chi connectivity index (χ2v) is 7.05. The molecular formula is C23H26N2O. The summed E-state index contributed by atoms with van der Waals surface area (Å²) in [5.74, 6) is 6.50. The van der Waals surface area contributed by atoms with Gasteiger partial charge >= 0.3 is 6.03 Å². The molecule has 0 aromatic heterocycles. The number of amides is 2. The normalized spacial score (nSPS) is 10.9. The zero-order chi connectivity index (χ0) is 19.0. The molecule has 2 amide bonds. The molecule has 2 N–H and O–H groups in total. The van der Waals surface area contributed by atoms with Crippen LogP contribution in [0.5, 0.6) is 0 Å². The van der Waals surface area contributed by atoms with Crippen LogP contribution in [-0.4, -0.2) is 11.6 Å². The molecule has 2 aromatic carbocycles. The van der Waals surface area contributed by atoms with Gasteiger partial charge in [0.2, 0.25) is 0 Å². The van der Waals surface area contributed by atoms with E-state index in [4.69, 9.17) is 0 Å². The van der Waals surface area contributed by atoms with Crippen molar-refractivity contribution >= 4 is 12.1 Å². The van der Waals surface area contributed by atoms with Crippen molar-refractivity contribution in [1.29, 1.82) is 0 Å². The van der Waals surface area contributed by atoms with Gasteiger partial charge in [0.15, 0.2) is 0 Å². The van der Waals surface area contributed by atoms with Gasteiger partial charge in [-0.05, 0) is 51.0 Å². The predicted octanol–water partition coefficient (Wildman–Crippen LogP) is 4.72. The maximum absolute atomic E-state index is 12.0. The van der Waals surface area contributed by atoms with Crippen LogP contribution in [0.1, 0.15) is 49.9 Å². The predicted molar refractivity (Wildman–Crippen MR) is 109 cm³/mol. The van der Waals surface area contributed by atoms with E-state index in [9.17, 15) is 4.79 Å². The second-order valence-electron chi connectivity index (χ2n) is 7.05. The topological polar surface area (TPSA) is 41.1 Å². The highest BCUT2D eigenvalue weighted by Gasteiger charge is 2.13. The number of carbonyl (C=O) groups is 1. The Morgan fingerprint density at radius 1 is 1.00 bits per heavy atom. The van der Waals surface area contributed by atoms with E-state index in [-0.39, 0.29) is 11.6 Å². The first-order valence-corrected chi connectivity index (χ1v) is 8.77. The van der Waals surface area contributed by atoms with Gasteiger partial charge in [-0.2, -0.15) is 0 Å². The van der Waals surface area contributed by atoms with Crippen LogP contribution in [0.15, 0.2) is 54.6 Å². The Hall–Kier alpha value is -2.99. The molecule has 0 spiro atoms. The Kier molecular flexibility index (Phi) is 6.63. The molecule has 2 aromatic rings. The van der Waals surface area contributed by atoms with Crippen LogP contribution >= 0.6 is 0 Å². The van der Waals surface area contributed by atoms with Gasteiger partial charge in [-0.25, -0.2) is 4.79 Å². The standard InChI is InChI=1S/C23H26N2O/c1-5-10-18-11-6-7-12-19(18)15-16-20-13-8-9-14-21(20)17-24-22(26)25-23(2,3)4/h5-14H,17H2,1-4H3,(H2,24,25,26)/b10-5-. The number of hydrogen-bond acceptors (Lipinski definition) is 1. The minimum Gasteiger partial charge on any atom is -0.334 e. The SMILES string of the molecule is C/C=C\c1ccccc1C#Cc1ccccc1CNC(=O)NC(C)(C)C. The van der Waals surface area contributed by atoms with Crippen LogP contribution in [0.25, 0.3) is 6.08 Å². The zero-order valence-corrected chi connectivity index (χ0v) is 15.9. The Labute approximate surface area is 156 Å². The number of hydrogen-bond donors (Lipinski definition) is 2. The lowest BCUT2D eigenvalue weighted by Gasteiger charge is -2.20. The van der Waals surface area contributed by atoms with E-state index in [1.54, 1.807) is 0 Å². The number of rotatable bonds is 3. The summed E-state index contributed by atoms with van der Waals surface area (Å²) in [5.41, 5.74) is 3.73. The largest absolute Gasteiger partial charge is 0.334 e. The van der Waals surface area contributed by atoms with E-state index in [0.717, 1.165) is 22.3 Å². The fraction of sp³-hybridized carbons (Fsp3) is 0.261. The average Bonchev–Trinajstić information content (AvgIpc) is 2.59. The van der Waals surface area contributed by atoms with Crippen LogP contribution in [-0.2, 0) is 6.54 Å². The van der Waals surface area contributed by atoms with Gasteiger partial charge in [-0.15, -0.1) is 0 Å². The molecule has 0 radical (unpaired) electrons. The highest BCUT2D eigenvalue weighted by molar-refractivity contribution is 5.74. The Balaban J connectivity index is 2.17. The lowest BCUT2D eigenvalue weighted by Crippen LogP contribution is -2.46. The van der Waals surface area contributed by atoms with Gasteiger partial charge in [-0.1, -0.05) is 60.4 Å². The summed E-state index contributed by atoms with van der Waals surface area (Å²) in [6, 6.07) is 15.8. The maximum Gasteiger partial charge on any atom is 0.315 e. The fourth-order valence-corrected chi connectivity index (χ4v) is 2.43. The first-order chi connectivity index (χ1) is 12.4. The monoisotopic (exact) mass is 346 g/mol. The third-order valence-corrected chi connectivity index (χ3v) is 3.58. The summed E-state index contributed by atoms with van der Waals surface area (Å²) in [5, 5.41) is 5.79.